The maximum atomic E-state index is 12.0. The number of hydrogen-bond acceptors (Lipinski definition) is 4. The van der Waals surface area contributed by atoms with Crippen molar-refractivity contribution in [3.05, 3.63) is 24.3 Å². The average Bonchev–Trinajstić information content (AvgIpc) is 2.53. The Morgan fingerprint density at radius 2 is 1.86 bits per heavy atom. The molecular formula is C17H25NO4. The summed E-state index contributed by atoms with van der Waals surface area (Å²) in [5.41, 5.74) is 0. The van der Waals surface area contributed by atoms with Crippen LogP contribution in [-0.4, -0.2) is 48.3 Å². The Balaban J connectivity index is 1.70. The van der Waals surface area contributed by atoms with Gasteiger partial charge < -0.3 is 19.5 Å². The zero-order valence-corrected chi connectivity index (χ0v) is 13.2. The summed E-state index contributed by atoms with van der Waals surface area (Å²) in [6.45, 7) is 4.35. The molecule has 22 heavy (non-hydrogen) atoms. The van der Waals surface area contributed by atoms with Crippen molar-refractivity contribution >= 4 is 5.91 Å². The lowest BCUT2D eigenvalue weighted by molar-refractivity contribution is -0.133. The highest BCUT2D eigenvalue weighted by Gasteiger charge is 2.20. The predicted octanol–water partition coefficient (Wildman–Crippen LogP) is 2.23. The molecule has 1 aromatic rings. The number of rotatable bonds is 7. The van der Waals surface area contributed by atoms with Gasteiger partial charge in [-0.2, -0.15) is 0 Å². The number of aliphatic hydroxyl groups is 1. The van der Waals surface area contributed by atoms with E-state index in [1.54, 1.807) is 0 Å². The Hall–Kier alpha value is -1.75. The van der Waals surface area contributed by atoms with Gasteiger partial charge in [0.05, 0.1) is 19.3 Å². The predicted molar refractivity (Wildman–Crippen MR) is 84.2 cm³/mol. The van der Waals surface area contributed by atoms with Crippen LogP contribution in [-0.2, 0) is 4.79 Å². The van der Waals surface area contributed by atoms with Gasteiger partial charge in [-0.3, -0.25) is 4.79 Å². The van der Waals surface area contributed by atoms with E-state index in [9.17, 15) is 9.90 Å². The Morgan fingerprint density at radius 3 is 2.50 bits per heavy atom. The molecule has 0 aliphatic carbocycles. The molecule has 1 N–H and O–H groups in total. The highest BCUT2D eigenvalue weighted by atomic mass is 16.5. The third-order valence-electron chi connectivity index (χ3n) is 3.76. The number of nitrogens with zero attached hydrogens (tertiary/aromatic N) is 1. The largest absolute Gasteiger partial charge is 0.490 e. The molecule has 0 radical (unpaired) electrons. The van der Waals surface area contributed by atoms with Crippen LogP contribution in [0.25, 0.3) is 0 Å². The molecule has 5 nitrogen and oxygen atoms in total. The molecule has 1 saturated heterocycles. The molecule has 0 unspecified atom stereocenters. The minimum Gasteiger partial charge on any atom is -0.490 e. The first-order valence-electron chi connectivity index (χ1n) is 8.01. The Labute approximate surface area is 131 Å². The number of carbonyl (C=O) groups excluding carboxylic acids is 1. The van der Waals surface area contributed by atoms with Gasteiger partial charge in [-0.1, -0.05) is 12.1 Å². The van der Waals surface area contributed by atoms with Crippen LogP contribution in [0.15, 0.2) is 24.3 Å². The minimum absolute atomic E-state index is 0.147. The van der Waals surface area contributed by atoms with Gasteiger partial charge in [-0.25, -0.2) is 0 Å². The summed E-state index contributed by atoms with van der Waals surface area (Å²) in [5.74, 6) is 1.60. The van der Waals surface area contributed by atoms with Gasteiger partial charge in [0.15, 0.2) is 11.5 Å². The third kappa shape index (κ3) is 4.91. The fourth-order valence-electron chi connectivity index (χ4n) is 2.52. The van der Waals surface area contributed by atoms with Crippen molar-refractivity contribution in [1.29, 1.82) is 0 Å². The summed E-state index contributed by atoms with van der Waals surface area (Å²) in [5, 5.41) is 9.45. The molecule has 5 heteroatoms. The van der Waals surface area contributed by atoms with E-state index in [1.807, 2.05) is 36.1 Å². The van der Waals surface area contributed by atoms with Gasteiger partial charge >= 0.3 is 0 Å². The van der Waals surface area contributed by atoms with Crippen LogP contribution < -0.4 is 9.47 Å². The second-order valence-corrected chi connectivity index (χ2v) is 5.44. The second kappa shape index (κ2) is 8.63. The summed E-state index contributed by atoms with van der Waals surface area (Å²) in [6.07, 6.45) is 2.28. The molecule has 0 atom stereocenters. The van der Waals surface area contributed by atoms with E-state index in [0.29, 0.717) is 52.0 Å². The molecule has 0 spiro atoms. The molecule has 122 valence electrons. The zero-order chi connectivity index (χ0) is 15.8. The van der Waals surface area contributed by atoms with Gasteiger partial charge in [0.25, 0.3) is 0 Å². The van der Waals surface area contributed by atoms with E-state index >= 15 is 0 Å². The topological polar surface area (TPSA) is 59.0 Å². The molecule has 1 heterocycles. The smallest absolute Gasteiger partial charge is 0.222 e. The molecule has 1 aliphatic rings. The number of para-hydroxylation sites is 2. The maximum absolute atomic E-state index is 12.0. The van der Waals surface area contributed by atoms with Gasteiger partial charge in [0.1, 0.15) is 0 Å². The molecule has 1 amide bonds. The van der Waals surface area contributed by atoms with Crippen molar-refractivity contribution < 1.29 is 19.4 Å². The van der Waals surface area contributed by atoms with E-state index < -0.39 is 0 Å². The number of piperidine rings is 1. The fraction of sp³-hybridized carbons (Fsp3) is 0.588. The van der Waals surface area contributed by atoms with Crippen LogP contribution in [0.2, 0.25) is 0 Å². The van der Waals surface area contributed by atoms with E-state index in [1.165, 1.54) is 0 Å². The number of aliphatic hydroxyl groups excluding tert-OH is 1. The van der Waals surface area contributed by atoms with E-state index in [-0.39, 0.29) is 12.0 Å². The van der Waals surface area contributed by atoms with Gasteiger partial charge in [0, 0.05) is 19.5 Å². The second-order valence-electron chi connectivity index (χ2n) is 5.44. The number of benzene rings is 1. The number of ether oxygens (including phenoxy) is 2. The molecule has 1 aromatic carbocycles. The number of amides is 1. The molecule has 0 aromatic heterocycles. The van der Waals surface area contributed by atoms with Crippen LogP contribution in [0.1, 0.15) is 32.6 Å². The van der Waals surface area contributed by atoms with E-state index in [4.69, 9.17) is 9.47 Å². The molecular weight excluding hydrogens is 282 g/mol. The highest BCUT2D eigenvalue weighted by Crippen LogP contribution is 2.26. The first-order chi connectivity index (χ1) is 10.7. The lowest BCUT2D eigenvalue weighted by atomic mass is 10.1. The first-order valence-corrected chi connectivity index (χ1v) is 8.01. The monoisotopic (exact) mass is 307 g/mol. The van der Waals surface area contributed by atoms with Crippen molar-refractivity contribution in [3.8, 4) is 11.5 Å². The van der Waals surface area contributed by atoms with Crippen LogP contribution in [0.4, 0.5) is 0 Å². The average molecular weight is 307 g/mol. The lowest BCUT2D eigenvalue weighted by Crippen LogP contribution is -2.40. The van der Waals surface area contributed by atoms with Crippen LogP contribution in [0.5, 0.6) is 11.5 Å². The van der Waals surface area contributed by atoms with E-state index in [2.05, 4.69) is 0 Å². The van der Waals surface area contributed by atoms with Gasteiger partial charge in [0.2, 0.25) is 5.91 Å². The highest BCUT2D eigenvalue weighted by molar-refractivity contribution is 5.76. The first kappa shape index (κ1) is 16.6. The summed E-state index contributed by atoms with van der Waals surface area (Å²) in [7, 11) is 0. The normalized spacial score (nSPS) is 15.6. The van der Waals surface area contributed by atoms with Crippen molar-refractivity contribution in [3.63, 3.8) is 0 Å². The Kier molecular flexibility index (Phi) is 6.52. The van der Waals surface area contributed by atoms with Crippen LogP contribution >= 0.6 is 0 Å². The molecule has 0 bridgehead atoms. The molecule has 2 rings (SSSR count). The Morgan fingerprint density at radius 1 is 1.23 bits per heavy atom. The molecule has 0 saturated carbocycles. The van der Waals surface area contributed by atoms with Crippen molar-refractivity contribution in [2.45, 2.75) is 38.7 Å². The molecule has 1 aliphatic heterocycles. The maximum Gasteiger partial charge on any atom is 0.222 e. The van der Waals surface area contributed by atoms with Crippen LogP contribution in [0, 0.1) is 0 Å². The van der Waals surface area contributed by atoms with Gasteiger partial charge in [-0.15, -0.1) is 0 Å². The van der Waals surface area contributed by atoms with Gasteiger partial charge in [-0.05, 0) is 38.3 Å². The van der Waals surface area contributed by atoms with Crippen molar-refractivity contribution in [2.75, 3.05) is 26.3 Å². The summed E-state index contributed by atoms with van der Waals surface area (Å²) in [4.78, 5) is 13.9. The molecule has 1 fully saturated rings. The van der Waals surface area contributed by atoms with E-state index in [0.717, 1.165) is 11.5 Å². The van der Waals surface area contributed by atoms with Crippen LogP contribution in [0.3, 0.4) is 0 Å². The third-order valence-corrected chi connectivity index (χ3v) is 3.76. The zero-order valence-electron chi connectivity index (χ0n) is 13.2. The van der Waals surface area contributed by atoms with Crippen molar-refractivity contribution in [2.24, 2.45) is 0 Å². The SMILES string of the molecule is CCOc1ccccc1OCCCC(=O)N1CCC(O)CC1. The number of carbonyl (C=O) groups is 1. The van der Waals surface area contributed by atoms with Crippen molar-refractivity contribution in [1.82, 2.24) is 4.90 Å². The fourth-order valence-corrected chi connectivity index (χ4v) is 2.52. The lowest BCUT2D eigenvalue weighted by Gasteiger charge is -2.29. The minimum atomic E-state index is -0.248. The number of hydrogen-bond donors (Lipinski definition) is 1. The quantitative estimate of drug-likeness (QED) is 0.785. The summed E-state index contributed by atoms with van der Waals surface area (Å²) in [6, 6.07) is 7.57. The summed E-state index contributed by atoms with van der Waals surface area (Å²) < 4.78 is 11.2. The Bertz CT molecular complexity index is 469. The standard InChI is InChI=1S/C17H25NO4/c1-2-21-15-6-3-4-7-16(15)22-13-5-8-17(20)18-11-9-14(19)10-12-18/h3-4,6-7,14,19H,2,5,8-13H2,1H3. The summed E-state index contributed by atoms with van der Waals surface area (Å²) >= 11 is 0. The number of likely N-dealkylation sites (tertiary alicyclic amines) is 1.